The van der Waals surface area contributed by atoms with Crippen molar-refractivity contribution in [3.63, 3.8) is 0 Å². The van der Waals surface area contributed by atoms with Gasteiger partial charge in [0.15, 0.2) is 0 Å². The predicted octanol–water partition coefficient (Wildman–Crippen LogP) is 2.41. The van der Waals surface area contributed by atoms with Gasteiger partial charge in [0.25, 0.3) is 5.97 Å². The summed E-state index contributed by atoms with van der Waals surface area (Å²) in [6.07, 6.45) is 0.814. The van der Waals surface area contributed by atoms with E-state index in [2.05, 4.69) is 6.92 Å². The van der Waals surface area contributed by atoms with Gasteiger partial charge in [-0.3, -0.25) is 4.79 Å². The minimum Gasteiger partial charge on any atom is -0.668 e. The zero-order valence-corrected chi connectivity index (χ0v) is 10.2. The third-order valence-corrected chi connectivity index (χ3v) is 1.31. The fourth-order valence-electron chi connectivity index (χ4n) is 0.707. The number of carboxylic acids is 1. The Morgan fingerprint density at radius 2 is 1.88 bits per heavy atom. The number of aliphatic carboxylic acids is 1. The first-order chi connectivity index (χ1) is 7.20. The van der Waals surface area contributed by atoms with Gasteiger partial charge in [0, 0.05) is 0 Å². The second-order valence-electron chi connectivity index (χ2n) is 2.59. The van der Waals surface area contributed by atoms with E-state index in [4.69, 9.17) is 15.6 Å². The standard InChI is InChI=1S/C9H11O.C2H4NO2.Cr/c1-2-8-10-9-6-4-3-5-7-9;3-1-2(4)5;/h3-7H,1-2,8H2;3H,1H2,(H,4,5);/q2*-1;+2. The van der Waals surface area contributed by atoms with Gasteiger partial charge in [-0.25, -0.2) is 0 Å². The van der Waals surface area contributed by atoms with E-state index >= 15 is 0 Å². The first kappa shape index (κ1) is 17.4. The molecule has 0 saturated heterocycles. The summed E-state index contributed by atoms with van der Waals surface area (Å²) in [4.78, 5) is 9.18. The van der Waals surface area contributed by atoms with Crippen molar-refractivity contribution in [1.82, 2.24) is 0 Å². The minimum absolute atomic E-state index is 0. The molecule has 0 bridgehead atoms. The third-order valence-electron chi connectivity index (χ3n) is 1.31. The van der Waals surface area contributed by atoms with Crippen molar-refractivity contribution in [3.8, 4) is 5.75 Å². The Bertz CT molecular complexity index is 267. The predicted molar refractivity (Wildman–Crippen MR) is 58.7 cm³/mol. The van der Waals surface area contributed by atoms with Crippen LogP contribution in [0, 0.1) is 6.92 Å². The van der Waals surface area contributed by atoms with Gasteiger partial charge < -0.3 is 22.5 Å². The fraction of sp³-hybridized carbons (Fsp3) is 0.273. The van der Waals surface area contributed by atoms with Crippen LogP contribution in [0.4, 0.5) is 0 Å². The van der Waals surface area contributed by atoms with Crippen LogP contribution in [0.1, 0.15) is 6.42 Å². The zero-order valence-electron chi connectivity index (χ0n) is 8.89. The van der Waals surface area contributed by atoms with Crippen LogP contribution in [0.5, 0.6) is 5.75 Å². The first-order valence-corrected chi connectivity index (χ1v) is 4.54. The summed E-state index contributed by atoms with van der Waals surface area (Å²) in [6, 6.07) is 9.76. The summed E-state index contributed by atoms with van der Waals surface area (Å²) in [5.74, 6) is -0.156. The molecule has 0 atom stereocenters. The smallest absolute Gasteiger partial charge is 0.668 e. The number of para-hydroxylation sites is 1. The Morgan fingerprint density at radius 1 is 1.38 bits per heavy atom. The fourth-order valence-corrected chi connectivity index (χ4v) is 0.707. The van der Waals surface area contributed by atoms with Crippen molar-refractivity contribution in [2.24, 2.45) is 0 Å². The molecule has 0 heterocycles. The maximum absolute atomic E-state index is 9.18. The number of benzene rings is 1. The Kier molecular flexibility index (Phi) is 13.1. The summed E-state index contributed by atoms with van der Waals surface area (Å²) >= 11 is 0. The molecule has 0 unspecified atom stereocenters. The summed E-state index contributed by atoms with van der Waals surface area (Å²) in [5.41, 5.74) is 6.06. The van der Waals surface area contributed by atoms with E-state index in [1.807, 2.05) is 30.3 Å². The Morgan fingerprint density at radius 3 is 2.25 bits per heavy atom. The maximum Gasteiger partial charge on any atom is 2.00 e. The molecular weight excluding hydrogens is 246 g/mol. The van der Waals surface area contributed by atoms with Gasteiger partial charge in [-0.05, 0) is 12.1 Å². The van der Waals surface area contributed by atoms with Gasteiger partial charge in [-0.2, -0.15) is 0 Å². The molecule has 5 heteroatoms. The van der Waals surface area contributed by atoms with Gasteiger partial charge in [-0.1, -0.05) is 24.7 Å². The van der Waals surface area contributed by atoms with Crippen molar-refractivity contribution in [1.29, 1.82) is 0 Å². The molecule has 1 aromatic rings. The van der Waals surface area contributed by atoms with Gasteiger partial charge in [0.05, 0.1) is 6.61 Å². The molecule has 0 fully saturated rings. The van der Waals surface area contributed by atoms with E-state index < -0.39 is 12.5 Å². The van der Waals surface area contributed by atoms with Crippen LogP contribution in [0.25, 0.3) is 5.73 Å². The number of hydrogen-bond acceptors (Lipinski definition) is 2. The van der Waals surface area contributed by atoms with E-state index in [1.165, 1.54) is 0 Å². The number of carbonyl (C=O) groups is 1. The second-order valence-corrected chi connectivity index (χ2v) is 2.59. The zero-order chi connectivity index (χ0) is 11.5. The molecule has 0 amide bonds. The topological polar surface area (TPSA) is 70.3 Å². The molecular formula is C11H15CrNO3. The van der Waals surface area contributed by atoms with Crippen LogP contribution in [-0.4, -0.2) is 24.2 Å². The largest absolute Gasteiger partial charge is 2.00 e. The Labute approximate surface area is 107 Å². The van der Waals surface area contributed by atoms with E-state index in [0.29, 0.717) is 6.61 Å². The molecule has 0 aliphatic carbocycles. The van der Waals surface area contributed by atoms with Crippen LogP contribution in [0.2, 0.25) is 0 Å². The van der Waals surface area contributed by atoms with E-state index in [9.17, 15) is 4.79 Å². The number of rotatable bonds is 4. The monoisotopic (exact) mass is 261 g/mol. The minimum atomic E-state index is -1.08. The number of carboxylic acid groups (broad SMARTS) is 1. The summed E-state index contributed by atoms with van der Waals surface area (Å²) in [5, 5.41) is 7.53. The van der Waals surface area contributed by atoms with E-state index in [0.717, 1.165) is 12.2 Å². The molecule has 0 radical (unpaired) electrons. The second kappa shape index (κ2) is 12.1. The van der Waals surface area contributed by atoms with Crippen LogP contribution in [-0.2, 0) is 22.2 Å². The van der Waals surface area contributed by atoms with Crippen molar-refractivity contribution >= 4 is 5.97 Å². The van der Waals surface area contributed by atoms with Crippen LogP contribution in [0.15, 0.2) is 30.3 Å². The van der Waals surface area contributed by atoms with Crippen molar-refractivity contribution in [2.75, 3.05) is 13.2 Å². The molecule has 0 spiro atoms. The maximum atomic E-state index is 9.18. The van der Waals surface area contributed by atoms with E-state index in [-0.39, 0.29) is 17.4 Å². The SMILES string of the molecule is [CH2-]CCOc1ccccc1.[Cr+2].[NH-]CC(=O)O. The molecule has 88 valence electrons. The molecule has 1 rings (SSSR count). The number of nitrogens with one attached hydrogen (secondary N) is 1. The number of ether oxygens (including phenoxy) is 1. The Hall–Kier alpha value is -1.02. The van der Waals surface area contributed by atoms with Crippen molar-refractivity contribution in [3.05, 3.63) is 43.0 Å². The third kappa shape index (κ3) is 11.1. The van der Waals surface area contributed by atoms with E-state index in [1.54, 1.807) is 0 Å². The van der Waals surface area contributed by atoms with Gasteiger partial charge in [-0.15, -0.1) is 6.42 Å². The van der Waals surface area contributed by atoms with Crippen LogP contribution >= 0.6 is 0 Å². The molecule has 0 saturated carbocycles. The molecule has 1 aromatic carbocycles. The molecule has 4 nitrogen and oxygen atoms in total. The van der Waals surface area contributed by atoms with Gasteiger partial charge in [0.2, 0.25) is 0 Å². The average Bonchev–Trinajstić information content (AvgIpc) is 2.28. The quantitative estimate of drug-likeness (QED) is 0.846. The van der Waals surface area contributed by atoms with Crippen molar-refractivity contribution < 1.29 is 32.0 Å². The summed E-state index contributed by atoms with van der Waals surface area (Å²) < 4.78 is 5.29. The Balaban J connectivity index is 0. The van der Waals surface area contributed by atoms with Crippen molar-refractivity contribution in [2.45, 2.75) is 6.42 Å². The van der Waals surface area contributed by atoms with Gasteiger partial charge in [0.1, 0.15) is 5.75 Å². The number of hydrogen-bond donors (Lipinski definition) is 1. The summed E-state index contributed by atoms with van der Waals surface area (Å²) in [7, 11) is 0. The summed E-state index contributed by atoms with van der Waals surface area (Å²) in [6.45, 7) is 3.85. The first-order valence-electron chi connectivity index (χ1n) is 4.54. The van der Waals surface area contributed by atoms with Crippen LogP contribution in [0.3, 0.4) is 0 Å². The molecule has 0 aromatic heterocycles. The molecule has 16 heavy (non-hydrogen) atoms. The molecule has 2 N–H and O–H groups in total. The van der Waals surface area contributed by atoms with Gasteiger partial charge >= 0.3 is 17.4 Å². The molecule has 0 aliphatic heterocycles. The van der Waals surface area contributed by atoms with Crippen LogP contribution < -0.4 is 4.74 Å². The molecule has 0 aliphatic rings. The average molecular weight is 261 g/mol. The normalized spacial score (nSPS) is 8.12.